The predicted molar refractivity (Wildman–Crippen MR) is 160 cm³/mol. The van der Waals surface area contributed by atoms with Crippen molar-refractivity contribution in [2.24, 2.45) is 0 Å². The Morgan fingerprint density at radius 2 is 0.792 bits per heavy atom. The van der Waals surface area contributed by atoms with E-state index in [4.69, 9.17) is 0 Å². The zero-order valence-corrected chi connectivity index (χ0v) is 26.6. The molecule has 0 amide bonds. The van der Waals surface area contributed by atoms with Crippen LogP contribution in [0.15, 0.2) is 97.3 Å². The second kappa shape index (κ2) is 12.7. The molecule has 0 saturated carbocycles. The monoisotopic (exact) mass is 742 g/mol. The van der Waals surface area contributed by atoms with Crippen LogP contribution in [0.5, 0.6) is 11.5 Å². The molecule has 0 aliphatic rings. The van der Waals surface area contributed by atoms with Crippen LogP contribution in [-0.2, 0) is 17.9 Å². The molecule has 266 valence electrons. The topological polar surface area (TPSA) is 65.3 Å². The fraction of sp³-hybridized carbons (Fsp3) is 0.138. The summed E-state index contributed by atoms with van der Waals surface area (Å²) in [5.41, 5.74) is 3.98. The van der Waals surface area contributed by atoms with Crippen molar-refractivity contribution in [3.05, 3.63) is 108 Å². The Morgan fingerprint density at radius 3 is 1.08 bits per heavy atom. The molecule has 0 spiro atoms. The van der Waals surface area contributed by atoms with Gasteiger partial charge in [-0.25, -0.2) is 0 Å². The molecule has 2 N–H and O–H groups in total. The predicted octanol–water partition coefficient (Wildman–Crippen LogP) is 11.4. The molecular weight excluding hydrogens is 714 g/mol. The van der Waals surface area contributed by atoms with E-state index in [0.29, 0.717) is 13.1 Å². The van der Waals surface area contributed by atoms with Crippen LogP contribution in [0.4, 0.5) is 50.4 Å². The van der Waals surface area contributed by atoms with Gasteiger partial charge in [-0.2, -0.15) is 9.13 Å². The number of nitrogens with zero attached hydrogens (tertiary/aromatic N) is 2. The third-order valence-corrected chi connectivity index (χ3v) is 5.55. The number of hydrogen-bond donors (Lipinski definition) is 2. The van der Waals surface area contributed by atoms with Crippen molar-refractivity contribution in [2.45, 2.75) is 26.9 Å². The summed E-state index contributed by atoms with van der Waals surface area (Å²) in [5.74, 6) is 0.720. The summed E-state index contributed by atoms with van der Waals surface area (Å²) in [6.45, 7) is 4.34. The van der Waals surface area contributed by atoms with Gasteiger partial charge in [0.2, 0.25) is 0 Å². The van der Waals surface area contributed by atoms with Crippen molar-refractivity contribution in [3.63, 3.8) is 0 Å². The summed E-state index contributed by atoms with van der Waals surface area (Å²) in [6.07, 6.45) is 3.99. The van der Waals surface area contributed by atoms with Gasteiger partial charge >= 0.3 is 66.0 Å². The maximum atomic E-state index is 10.4. The van der Waals surface area contributed by atoms with Crippen molar-refractivity contribution in [1.29, 1.82) is 0 Å². The molecule has 0 saturated heterocycles. The molecule has 19 heteroatoms. The van der Waals surface area contributed by atoms with Crippen LogP contribution in [0.25, 0.3) is 21.8 Å². The van der Waals surface area contributed by atoms with Gasteiger partial charge in [0.15, 0.2) is 37.0 Å². The quantitative estimate of drug-likeness (QED) is 0.109. The van der Waals surface area contributed by atoms with Gasteiger partial charge in [-0.3, -0.25) is 0 Å². The second-order valence-electron chi connectivity index (χ2n) is 10.3. The van der Waals surface area contributed by atoms with E-state index in [2.05, 4.69) is 21.3 Å². The Kier molecular flexibility index (Phi) is 10.5. The Hall–Kier alpha value is -4.23. The van der Waals surface area contributed by atoms with E-state index in [1.807, 2.05) is 73.1 Å². The van der Waals surface area contributed by atoms with Crippen molar-refractivity contribution < 1.29 is 74.5 Å². The molecule has 0 aliphatic carbocycles. The number of halogens is 12. The van der Waals surface area contributed by atoms with Crippen LogP contribution in [0, 0.1) is 0 Å². The molecule has 2 heterocycles. The molecule has 48 heavy (non-hydrogen) atoms. The van der Waals surface area contributed by atoms with Crippen molar-refractivity contribution >= 4 is 43.2 Å². The zero-order chi connectivity index (χ0) is 36.9. The summed E-state index contributed by atoms with van der Waals surface area (Å²) in [6, 6.07) is 27.5. The molecule has 3 aromatic carbocycles. The van der Waals surface area contributed by atoms with Gasteiger partial charge in [0, 0.05) is 23.3 Å². The third kappa shape index (κ3) is 17.6. The van der Waals surface area contributed by atoms with Crippen molar-refractivity contribution in [1.82, 2.24) is 0 Å². The fourth-order valence-electron chi connectivity index (χ4n) is 4.14. The summed E-state index contributed by atoms with van der Waals surface area (Å²) >= 11 is 0. The SMILES string of the molecule is CC(C)=O.F[P-](F)(F)(F)(F)F.F[P-](F)(F)(F)(F)F.Oc1cccc2ccc[n+](Cc3ccccc3C[n+]3cccc4cccc(O)c43)c12. The first kappa shape index (κ1) is 39.9. The van der Waals surface area contributed by atoms with Gasteiger partial charge in [-0.1, -0.05) is 36.4 Å². The number of para-hydroxylation sites is 2. The van der Waals surface area contributed by atoms with Gasteiger partial charge in [0.25, 0.3) is 11.0 Å². The number of Topliss-reactive ketones (excluding diaryl/α,β-unsaturated/α-hetero) is 1. The second-order valence-corrected chi connectivity index (χ2v) is 14.1. The van der Waals surface area contributed by atoms with E-state index >= 15 is 0 Å². The van der Waals surface area contributed by atoms with E-state index in [-0.39, 0.29) is 17.3 Å². The van der Waals surface area contributed by atoms with E-state index in [1.165, 1.54) is 13.8 Å². The molecule has 0 unspecified atom stereocenters. The molecule has 5 aromatic rings. The molecule has 5 rings (SSSR count). The number of hydrogen-bond acceptors (Lipinski definition) is 3. The molecule has 0 radical (unpaired) electrons. The number of carbonyl (C=O) groups is 1. The summed E-state index contributed by atoms with van der Waals surface area (Å²) in [5, 5.41) is 22.9. The Bertz CT molecular complexity index is 1770. The molecule has 0 bridgehead atoms. The molecule has 0 atom stereocenters. The summed E-state index contributed by atoms with van der Waals surface area (Å²) < 4.78 is 123. The number of aromatic nitrogens is 2. The van der Waals surface area contributed by atoms with Crippen LogP contribution < -0.4 is 9.13 Å². The zero-order valence-electron chi connectivity index (χ0n) is 24.8. The van der Waals surface area contributed by atoms with E-state index in [1.54, 1.807) is 12.1 Å². The van der Waals surface area contributed by atoms with Crippen LogP contribution >= 0.6 is 15.6 Å². The summed E-state index contributed by atoms with van der Waals surface area (Å²) in [7, 11) is -21.3. The number of rotatable bonds is 4. The molecule has 0 fully saturated rings. The smallest absolute Gasteiger partial charge is 0.254 e. The number of fused-ring (bicyclic) bond motifs is 2. The van der Waals surface area contributed by atoms with Crippen LogP contribution in [-0.4, -0.2) is 16.0 Å². The van der Waals surface area contributed by atoms with Crippen molar-refractivity contribution in [2.75, 3.05) is 0 Å². The summed E-state index contributed by atoms with van der Waals surface area (Å²) in [4.78, 5) is 9.44. The number of pyridine rings is 2. The average Bonchev–Trinajstić information content (AvgIpc) is 2.86. The standard InChI is InChI=1S/C26H20N2O2.C3H6O.2F6P/c29-23-13-3-9-19-11-5-15-27(25(19)23)17-21-7-1-2-8-22(21)18-28-16-6-12-20-10-4-14-24(30)26(20)28;1-3(2)4;2*1-7(2,3,4,5)6/h1-16H,17-18H2;1-2H3;;/q;;2*-1/p+2. The van der Waals surface area contributed by atoms with Gasteiger partial charge in [-0.05, 0) is 50.2 Å². The van der Waals surface area contributed by atoms with E-state index < -0.39 is 15.6 Å². The average molecular weight is 742 g/mol. The van der Waals surface area contributed by atoms with Crippen LogP contribution in [0.2, 0.25) is 0 Å². The Morgan fingerprint density at radius 1 is 0.521 bits per heavy atom. The maximum Gasteiger partial charge on any atom is 0.254 e. The van der Waals surface area contributed by atoms with Crippen molar-refractivity contribution in [3.8, 4) is 11.5 Å². The van der Waals surface area contributed by atoms with Gasteiger partial charge < -0.3 is 15.0 Å². The molecule has 0 aliphatic heterocycles. The first-order chi connectivity index (χ1) is 21.3. The number of ketones is 1. The number of aromatic hydroxyl groups is 2. The minimum atomic E-state index is -10.7. The van der Waals surface area contributed by atoms with Gasteiger partial charge in [-0.15, -0.1) is 0 Å². The third-order valence-electron chi connectivity index (χ3n) is 5.55. The number of phenols is 2. The van der Waals surface area contributed by atoms with Crippen LogP contribution in [0.1, 0.15) is 25.0 Å². The largest absolute Gasteiger partial charge is 0.502 e. The number of benzene rings is 3. The number of phenolic OH excluding ortho intramolecular Hbond substituents is 2. The molecule has 2 aromatic heterocycles. The van der Waals surface area contributed by atoms with E-state index in [9.17, 15) is 65.4 Å². The van der Waals surface area contributed by atoms with Gasteiger partial charge in [0.1, 0.15) is 5.78 Å². The molecule has 5 nitrogen and oxygen atoms in total. The van der Waals surface area contributed by atoms with Gasteiger partial charge in [0.05, 0.1) is 10.8 Å². The minimum absolute atomic E-state index is 0.167. The normalized spacial score (nSPS) is 14.3. The number of carbonyl (C=O) groups excluding carboxylic acids is 1. The van der Waals surface area contributed by atoms with Crippen LogP contribution in [0.3, 0.4) is 0 Å². The fourth-order valence-corrected chi connectivity index (χ4v) is 4.14. The first-order valence-corrected chi connectivity index (χ1v) is 17.3. The maximum absolute atomic E-state index is 10.7. The Labute approximate surface area is 264 Å². The van der Waals surface area contributed by atoms with E-state index in [0.717, 1.165) is 32.9 Å². The minimum Gasteiger partial charge on any atom is -0.502 e. The molecular formula is C29H28F12N2O3P2. The first-order valence-electron chi connectivity index (χ1n) is 13.2. The Balaban J connectivity index is 0.000000367.